The Bertz CT molecular complexity index is 885. The van der Waals surface area contributed by atoms with E-state index in [1.54, 1.807) is 28.4 Å². The first-order chi connectivity index (χ1) is 15.6. The van der Waals surface area contributed by atoms with Crippen molar-refractivity contribution in [2.45, 2.75) is 32.2 Å². The number of guanidine groups is 1. The summed E-state index contributed by atoms with van der Waals surface area (Å²) in [5.41, 5.74) is 2.05. The van der Waals surface area contributed by atoms with E-state index in [2.05, 4.69) is 37.6 Å². The lowest BCUT2D eigenvalue weighted by atomic mass is 10.1. The molecule has 1 aliphatic heterocycles. The number of anilines is 1. The van der Waals surface area contributed by atoms with E-state index in [-0.39, 0.29) is 0 Å². The quantitative estimate of drug-likeness (QED) is 0.482. The van der Waals surface area contributed by atoms with Crippen LogP contribution in [0.3, 0.4) is 0 Å². The lowest BCUT2D eigenvalue weighted by Crippen LogP contribution is -2.49. The van der Waals surface area contributed by atoms with Gasteiger partial charge in [0.15, 0.2) is 5.96 Å². The van der Waals surface area contributed by atoms with Crippen LogP contribution >= 0.6 is 0 Å². The van der Waals surface area contributed by atoms with Crippen molar-refractivity contribution in [1.29, 1.82) is 0 Å². The molecule has 0 aliphatic carbocycles. The lowest BCUT2D eigenvalue weighted by molar-refractivity contribution is 0.368. The van der Waals surface area contributed by atoms with Crippen molar-refractivity contribution in [2.24, 2.45) is 4.99 Å². The molecule has 1 fully saturated rings. The van der Waals surface area contributed by atoms with Crippen LogP contribution in [-0.2, 0) is 6.42 Å². The minimum absolute atomic E-state index is 0.382. The number of aryl methyl sites for hydroxylation is 1. The maximum atomic E-state index is 5.55. The molecule has 0 unspecified atom stereocenters. The number of pyridine rings is 1. The highest BCUT2D eigenvalue weighted by molar-refractivity contribution is 5.80. The Morgan fingerprint density at radius 1 is 1.09 bits per heavy atom. The van der Waals surface area contributed by atoms with E-state index < -0.39 is 0 Å². The molecule has 1 aliphatic rings. The van der Waals surface area contributed by atoms with Crippen molar-refractivity contribution >= 4 is 11.8 Å². The van der Waals surface area contributed by atoms with Crippen molar-refractivity contribution in [2.75, 3.05) is 52.9 Å². The molecule has 1 aromatic carbocycles. The Labute approximate surface area is 191 Å². The van der Waals surface area contributed by atoms with Gasteiger partial charge in [0.25, 0.3) is 0 Å². The number of hydrogen-bond acceptors (Lipinski definition) is 6. The predicted molar refractivity (Wildman–Crippen MR) is 129 cm³/mol. The fourth-order valence-corrected chi connectivity index (χ4v) is 3.98. The first kappa shape index (κ1) is 23.5. The number of nitrogens with zero attached hydrogens (tertiary/aromatic N) is 3. The first-order valence-electron chi connectivity index (χ1n) is 11.0. The van der Waals surface area contributed by atoms with Crippen LogP contribution < -0.4 is 29.7 Å². The summed E-state index contributed by atoms with van der Waals surface area (Å²) in [7, 11) is 6.75. The monoisotopic (exact) mass is 441 g/mol. The van der Waals surface area contributed by atoms with E-state index in [9.17, 15) is 0 Å². The molecule has 32 heavy (non-hydrogen) atoms. The van der Waals surface area contributed by atoms with Gasteiger partial charge in [-0.25, -0.2) is 4.98 Å². The Balaban J connectivity index is 1.51. The molecular formula is C24H35N5O3. The van der Waals surface area contributed by atoms with Crippen LogP contribution in [0.25, 0.3) is 0 Å². The van der Waals surface area contributed by atoms with Gasteiger partial charge >= 0.3 is 0 Å². The van der Waals surface area contributed by atoms with Gasteiger partial charge < -0.3 is 29.7 Å². The van der Waals surface area contributed by atoms with Crippen molar-refractivity contribution in [1.82, 2.24) is 15.6 Å². The van der Waals surface area contributed by atoms with Gasteiger partial charge in [-0.2, -0.15) is 0 Å². The van der Waals surface area contributed by atoms with E-state index in [0.717, 1.165) is 66.9 Å². The smallest absolute Gasteiger partial charge is 0.191 e. The molecule has 2 aromatic rings. The van der Waals surface area contributed by atoms with Crippen molar-refractivity contribution in [3.8, 4) is 17.2 Å². The number of nitrogens with one attached hydrogen (secondary N) is 2. The summed E-state index contributed by atoms with van der Waals surface area (Å²) in [5.74, 6) is 4.09. The molecule has 1 aromatic heterocycles. The van der Waals surface area contributed by atoms with Crippen LogP contribution in [0.4, 0.5) is 5.82 Å². The summed E-state index contributed by atoms with van der Waals surface area (Å²) in [6.45, 7) is 4.69. The summed E-state index contributed by atoms with van der Waals surface area (Å²) >= 11 is 0. The van der Waals surface area contributed by atoms with Gasteiger partial charge in [-0.15, -0.1) is 0 Å². The minimum Gasteiger partial charge on any atom is -0.496 e. The minimum atomic E-state index is 0.382. The molecule has 0 amide bonds. The highest BCUT2D eigenvalue weighted by Crippen LogP contribution is 2.34. The van der Waals surface area contributed by atoms with Crippen molar-refractivity contribution in [3.05, 3.63) is 41.6 Å². The fraction of sp³-hybridized carbons (Fsp3) is 0.500. The summed E-state index contributed by atoms with van der Waals surface area (Å²) < 4.78 is 16.4. The largest absolute Gasteiger partial charge is 0.496 e. The number of aliphatic imine (C=N–C) groups is 1. The zero-order valence-corrected chi connectivity index (χ0v) is 19.8. The maximum Gasteiger partial charge on any atom is 0.191 e. The average Bonchev–Trinajstić information content (AvgIpc) is 2.83. The van der Waals surface area contributed by atoms with Gasteiger partial charge in [0.05, 0.1) is 21.3 Å². The highest BCUT2D eigenvalue weighted by Gasteiger charge is 2.21. The number of benzene rings is 1. The standard InChI is InChI=1S/C24H35N5O3/c1-17-7-6-8-23(27-17)29-13-10-18(11-14-29)28-24(25-2)26-12-9-20-21(31-4)15-19(30-3)16-22(20)32-5/h6-8,15-16,18H,9-14H2,1-5H3,(H2,25,26,28). The molecule has 3 rings (SSSR count). The molecule has 2 N–H and O–H groups in total. The normalized spacial score (nSPS) is 14.8. The van der Waals surface area contributed by atoms with Crippen LogP contribution in [0.5, 0.6) is 17.2 Å². The first-order valence-corrected chi connectivity index (χ1v) is 11.0. The molecule has 0 spiro atoms. The number of hydrogen-bond donors (Lipinski definition) is 2. The summed E-state index contributed by atoms with van der Waals surface area (Å²) in [6.07, 6.45) is 2.81. The molecule has 8 nitrogen and oxygen atoms in total. The molecular weight excluding hydrogens is 406 g/mol. The summed E-state index contributed by atoms with van der Waals surface area (Å²) in [5, 5.41) is 6.98. The van der Waals surface area contributed by atoms with Gasteiger partial charge in [-0.1, -0.05) is 6.07 Å². The average molecular weight is 442 g/mol. The number of piperidine rings is 1. The van der Waals surface area contributed by atoms with Gasteiger partial charge in [-0.05, 0) is 38.3 Å². The summed E-state index contributed by atoms with van der Waals surface area (Å²) in [4.78, 5) is 11.4. The molecule has 2 heterocycles. The van der Waals surface area contributed by atoms with Crippen LogP contribution in [0, 0.1) is 6.92 Å². The number of rotatable bonds is 8. The number of ether oxygens (including phenoxy) is 3. The Morgan fingerprint density at radius 3 is 2.34 bits per heavy atom. The predicted octanol–water partition coefficient (Wildman–Crippen LogP) is 2.79. The van der Waals surface area contributed by atoms with Crippen LogP contribution in [-0.4, -0.2) is 65.0 Å². The van der Waals surface area contributed by atoms with E-state index in [4.69, 9.17) is 14.2 Å². The maximum absolute atomic E-state index is 5.55. The highest BCUT2D eigenvalue weighted by atomic mass is 16.5. The van der Waals surface area contributed by atoms with E-state index in [0.29, 0.717) is 18.3 Å². The second-order valence-corrected chi connectivity index (χ2v) is 7.80. The van der Waals surface area contributed by atoms with Crippen molar-refractivity contribution < 1.29 is 14.2 Å². The van der Waals surface area contributed by atoms with Crippen molar-refractivity contribution in [3.63, 3.8) is 0 Å². The fourth-order valence-electron chi connectivity index (χ4n) is 3.98. The summed E-state index contributed by atoms with van der Waals surface area (Å²) in [6, 6.07) is 10.3. The SMILES string of the molecule is CN=C(NCCc1c(OC)cc(OC)cc1OC)NC1CCN(c2cccc(C)n2)CC1. The Hall–Kier alpha value is -3.16. The van der Waals surface area contributed by atoms with Gasteiger partial charge in [0, 0.05) is 56.1 Å². The topological polar surface area (TPSA) is 80.2 Å². The Kier molecular flexibility index (Phi) is 8.41. The zero-order chi connectivity index (χ0) is 22.9. The van der Waals surface area contributed by atoms with Gasteiger partial charge in [-0.3, -0.25) is 4.99 Å². The molecule has 0 bridgehead atoms. The van der Waals surface area contributed by atoms with Crippen LogP contribution in [0.15, 0.2) is 35.3 Å². The van der Waals surface area contributed by atoms with Gasteiger partial charge in [0.1, 0.15) is 23.1 Å². The molecule has 8 heteroatoms. The Morgan fingerprint density at radius 2 is 1.78 bits per heavy atom. The molecule has 0 atom stereocenters. The van der Waals surface area contributed by atoms with E-state index in [1.807, 2.05) is 25.1 Å². The third-order valence-corrected chi connectivity index (χ3v) is 5.74. The molecule has 0 saturated carbocycles. The third-order valence-electron chi connectivity index (χ3n) is 5.74. The van der Waals surface area contributed by atoms with Crippen LogP contribution in [0.2, 0.25) is 0 Å². The second-order valence-electron chi connectivity index (χ2n) is 7.80. The van der Waals surface area contributed by atoms with E-state index in [1.165, 1.54) is 0 Å². The van der Waals surface area contributed by atoms with E-state index >= 15 is 0 Å². The number of aromatic nitrogens is 1. The lowest BCUT2D eigenvalue weighted by Gasteiger charge is -2.34. The van der Waals surface area contributed by atoms with Crippen LogP contribution in [0.1, 0.15) is 24.1 Å². The molecule has 174 valence electrons. The third kappa shape index (κ3) is 5.96. The number of methoxy groups -OCH3 is 3. The van der Waals surface area contributed by atoms with Gasteiger partial charge in [0.2, 0.25) is 0 Å². The zero-order valence-electron chi connectivity index (χ0n) is 19.8. The second kappa shape index (κ2) is 11.5. The molecule has 1 saturated heterocycles. The molecule has 0 radical (unpaired) electrons.